The Morgan fingerprint density at radius 3 is 2.43 bits per heavy atom. The van der Waals surface area contributed by atoms with Crippen LogP contribution in [0.4, 0.5) is 0 Å². The average Bonchev–Trinajstić information content (AvgIpc) is 2.88. The molecule has 0 unspecified atom stereocenters. The third-order valence-corrected chi connectivity index (χ3v) is 3.69. The highest BCUT2D eigenvalue weighted by molar-refractivity contribution is 7.80. The molecule has 1 aliphatic carbocycles. The zero-order valence-corrected chi connectivity index (χ0v) is 10.8. The maximum absolute atomic E-state index is 4.42. The van der Waals surface area contributed by atoms with Gasteiger partial charge in [0.15, 0.2) is 0 Å². The first-order chi connectivity index (χ1) is 6.57. The van der Waals surface area contributed by atoms with E-state index in [-0.39, 0.29) is 0 Å². The fourth-order valence-electron chi connectivity index (χ4n) is 1.87. The van der Waals surface area contributed by atoms with Crippen LogP contribution in [-0.4, -0.2) is 30.3 Å². The Balaban J connectivity index is 2.32. The maximum atomic E-state index is 4.42. The normalized spacial score (nSPS) is 17.8. The fraction of sp³-hybridized carbons (Fsp3) is 1.00. The lowest BCUT2D eigenvalue weighted by Gasteiger charge is -2.31. The van der Waals surface area contributed by atoms with Crippen molar-refractivity contribution in [3.63, 3.8) is 0 Å². The molecule has 1 aliphatic rings. The zero-order chi connectivity index (χ0) is 10.6. The quantitative estimate of drug-likeness (QED) is 0.639. The van der Waals surface area contributed by atoms with Gasteiger partial charge in [0.1, 0.15) is 0 Å². The first-order valence-corrected chi connectivity index (χ1v) is 6.54. The largest absolute Gasteiger partial charge is 0.303 e. The summed E-state index contributed by atoms with van der Waals surface area (Å²) in [4.78, 5) is 2.63. The molecule has 0 aliphatic heterocycles. The van der Waals surface area contributed by atoms with Crippen molar-refractivity contribution < 1.29 is 0 Å². The minimum Gasteiger partial charge on any atom is -0.303 e. The maximum Gasteiger partial charge on any atom is 0.00406 e. The highest BCUT2D eigenvalue weighted by Crippen LogP contribution is 2.31. The lowest BCUT2D eigenvalue weighted by atomic mass is 9.95. The number of rotatable bonds is 7. The Morgan fingerprint density at radius 1 is 1.36 bits per heavy atom. The summed E-state index contributed by atoms with van der Waals surface area (Å²) in [6.07, 6.45) is 4.19. The van der Waals surface area contributed by atoms with E-state index in [1.165, 1.54) is 38.9 Å². The molecule has 84 valence electrons. The van der Waals surface area contributed by atoms with Gasteiger partial charge in [0.2, 0.25) is 0 Å². The first-order valence-electron chi connectivity index (χ1n) is 5.90. The van der Waals surface area contributed by atoms with Gasteiger partial charge in [-0.1, -0.05) is 20.8 Å². The number of nitrogens with zero attached hydrogens (tertiary/aromatic N) is 1. The molecule has 0 spiro atoms. The van der Waals surface area contributed by atoms with E-state index < -0.39 is 0 Å². The van der Waals surface area contributed by atoms with E-state index in [2.05, 4.69) is 38.3 Å². The van der Waals surface area contributed by atoms with E-state index in [0.29, 0.717) is 5.41 Å². The molecule has 0 saturated heterocycles. The van der Waals surface area contributed by atoms with Gasteiger partial charge in [0.25, 0.3) is 0 Å². The zero-order valence-electron chi connectivity index (χ0n) is 9.92. The van der Waals surface area contributed by atoms with Crippen LogP contribution >= 0.6 is 12.6 Å². The second kappa shape index (κ2) is 5.41. The SMILES string of the molecule is CCCN(CC1CC1)CC(C)(C)CS. The van der Waals surface area contributed by atoms with Gasteiger partial charge < -0.3 is 4.90 Å². The summed E-state index contributed by atoms with van der Waals surface area (Å²) in [5.74, 6) is 2.00. The summed E-state index contributed by atoms with van der Waals surface area (Å²) in [5.41, 5.74) is 0.368. The molecule has 0 aromatic rings. The molecule has 1 saturated carbocycles. The molecule has 14 heavy (non-hydrogen) atoms. The van der Waals surface area contributed by atoms with Crippen LogP contribution < -0.4 is 0 Å². The van der Waals surface area contributed by atoms with Crippen molar-refractivity contribution in [1.82, 2.24) is 4.90 Å². The number of hydrogen-bond donors (Lipinski definition) is 1. The molecule has 0 aromatic carbocycles. The minimum absolute atomic E-state index is 0.368. The molecule has 0 aromatic heterocycles. The molecule has 0 bridgehead atoms. The van der Waals surface area contributed by atoms with Crippen molar-refractivity contribution in [2.24, 2.45) is 11.3 Å². The summed E-state index contributed by atoms with van der Waals surface area (Å²) in [7, 11) is 0. The highest BCUT2D eigenvalue weighted by atomic mass is 32.1. The standard InChI is InChI=1S/C12H25NS/c1-4-7-13(8-11-5-6-11)9-12(2,3)10-14/h11,14H,4-10H2,1-3H3. The predicted octanol–water partition coefficient (Wildman–Crippen LogP) is 3.06. The van der Waals surface area contributed by atoms with Crippen LogP contribution in [-0.2, 0) is 0 Å². The van der Waals surface area contributed by atoms with Crippen molar-refractivity contribution in [2.45, 2.75) is 40.0 Å². The Labute approximate surface area is 94.7 Å². The Bertz CT molecular complexity index is 164. The van der Waals surface area contributed by atoms with Crippen molar-refractivity contribution in [2.75, 3.05) is 25.4 Å². The van der Waals surface area contributed by atoms with E-state index in [1.54, 1.807) is 0 Å². The van der Waals surface area contributed by atoms with Crippen molar-refractivity contribution in [1.29, 1.82) is 0 Å². The summed E-state index contributed by atoms with van der Waals surface area (Å²) >= 11 is 4.42. The smallest absolute Gasteiger partial charge is 0.00406 e. The van der Waals surface area contributed by atoms with E-state index in [4.69, 9.17) is 0 Å². The lowest BCUT2D eigenvalue weighted by Crippen LogP contribution is -2.37. The Morgan fingerprint density at radius 2 is 2.00 bits per heavy atom. The van der Waals surface area contributed by atoms with Crippen molar-refractivity contribution in [3.8, 4) is 0 Å². The van der Waals surface area contributed by atoms with Gasteiger partial charge in [0.05, 0.1) is 0 Å². The summed E-state index contributed by atoms with van der Waals surface area (Å²) in [6, 6.07) is 0. The molecular weight excluding hydrogens is 190 g/mol. The number of hydrogen-bond acceptors (Lipinski definition) is 2. The fourth-order valence-corrected chi connectivity index (χ4v) is 1.97. The molecule has 0 heterocycles. The molecular formula is C12H25NS. The topological polar surface area (TPSA) is 3.24 Å². The minimum atomic E-state index is 0.368. The van der Waals surface area contributed by atoms with Gasteiger partial charge in [-0.3, -0.25) is 0 Å². The van der Waals surface area contributed by atoms with Crippen LogP contribution in [0.5, 0.6) is 0 Å². The molecule has 0 atom stereocenters. The Kier molecular flexibility index (Phi) is 4.78. The third-order valence-electron chi connectivity index (χ3n) is 2.83. The molecule has 2 heteroatoms. The van der Waals surface area contributed by atoms with Crippen molar-refractivity contribution >= 4 is 12.6 Å². The van der Waals surface area contributed by atoms with Gasteiger partial charge in [-0.05, 0) is 42.9 Å². The molecule has 1 rings (SSSR count). The second-order valence-corrected chi connectivity index (χ2v) is 5.82. The molecule has 0 N–H and O–H groups in total. The third kappa shape index (κ3) is 4.70. The summed E-state index contributed by atoms with van der Waals surface area (Å²) < 4.78 is 0. The van der Waals surface area contributed by atoms with Crippen LogP contribution in [0.15, 0.2) is 0 Å². The average molecular weight is 215 g/mol. The molecule has 1 fully saturated rings. The first kappa shape index (κ1) is 12.4. The van der Waals surface area contributed by atoms with Crippen molar-refractivity contribution in [3.05, 3.63) is 0 Å². The second-order valence-electron chi connectivity index (χ2n) is 5.50. The van der Waals surface area contributed by atoms with Gasteiger partial charge >= 0.3 is 0 Å². The van der Waals surface area contributed by atoms with Gasteiger partial charge in [-0.25, -0.2) is 0 Å². The Hall–Kier alpha value is 0.310. The summed E-state index contributed by atoms with van der Waals surface area (Å²) in [5, 5.41) is 0. The van der Waals surface area contributed by atoms with Crippen LogP contribution in [0.2, 0.25) is 0 Å². The van der Waals surface area contributed by atoms with Gasteiger partial charge in [0, 0.05) is 13.1 Å². The van der Waals surface area contributed by atoms with Crippen LogP contribution in [0, 0.1) is 11.3 Å². The van der Waals surface area contributed by atoms with Gasteiger partial charge in [-0.15, -0.1) is 0 Å². The van der Waals surface area contributed by atoms with Crippen LogP contribution in [0.3, 0.4) is 0 Å². The van der Waals surface area contributed by atoms with Crippen LogP contribution in [0.25, 0.3) is 0 Å². The van der Waals surface area contributed by atoms with E-state index in [1.807, 2.05) is 0 Å². The number of thiol groups is 1. The van der Waals surface area contributed by atoms with Gasteiger partial charge in [-0.2, -0.15) is 12.6 Å². The van der Waals surface area contributed by atoms with Crippen LogP contribution in [0.1, 0.15) is 40.0 Å². The molecule has 0 radical (unpaired) electrons. The molecule has 1 nitrogen and oxygen atoms in total. The predicted molar refractivity (Wildman–Crippen MR) is 67.1 cm³/mol. The van der Waals surface area contributed by atoms with E-state index in [9.17, 15) is 0 Å². The molecule has 0 amide bonds. The van der Waals surface area contributed by atoms with E-state index in [0.717, 1.165) is 11.7 Å². The highest BCUT2D eigenvalue weighted by Gasteiger charge is 2.27. The lowest BCUT2D eigenvalue weighted by molar-refractivity contribution is 0.188. The van der Waals surface area contributed by atoms with E-state index >= 15 is 0 Å². The monoisotopic (exact) mass is 215 g/mol. The summed E-state index contributed by atoms with van der Waals surface area (Å²) in [6.45, 7) is 10.7.